The molecule has 0 bridgehead atoms. The molecule has 2 aliphatic rings. The second-order valence-electron chi connectivity index (χ2n) is 7.39. The van der Waals surface area contributed by atoms with E-state index in [1.54, 1.807) is 0 Å². The van der Waals surface area contributed by atoms with Crippen molar-refractivity contribution < 1.29 is 0 Å². The fourth-order valence-corrected chi connectivity index (χ4v) is 3.75. The Morgan fingerprint density at radius 3 is 2.58 bits per heavy atom. The van der Waals surface area contributed by atoms with E-state index in [1.807, 2.05) is 0 Å². The van der Waals surface area contributed by atoms with E-state index < -0.39 is 0 Å². The van der Waals surface area contributed by atoms with Crippen molar-refractivity contribution in [2.24, 2.45) is 11.3 Å². The minimum atomic E-state index is 0.485. The Hall–Kier alpha value is -0.0800. The maximum atomic E-state index is 3.77. The predicted molar refractivity (Wildman–Crippen MR) is 83.5 cm³/mol. The smallest absolute Gasteiger partial charge is 0.00684 e. The molecule has 1 aliphatic heterocycles. The van der Waals surface area contributed by atoms with Crippen molar-refractivity contribution in [1.29, 1.82) is 0 Å². The van der Waals surface area contributed by atoms with Crippen LogP contribution in [0.3, 0.4) is 0 Å². The first-order valence-corrected chi connectivity index (χ1v) is 8.61. The van der Waals surface area contributed by atoms with Crippen LogP contribution in [-0.2, 0) is 0 Å². The van der Waals surface area contributed by atoms with Gasteiger partial charge in [-0.25, -0.2) is 0 Å². The van der Waals surface area contributed by atoms with E-state index in [1.165, 1.54) is 71.1 Å². The first-order chi connectivity index (χ1) is 9.15. The highest BCUT2D eigenvalue weighted by molar-refractivity contribution is 4.88. The van der Waals surface area contributed by atoms with Crippen molar-refractivity contribution in [3.05, 3.63) is 0 Å². The van der Waals surface area contributed by atoms with Gasteiger partial charge in [-0.05, 0) is 50.0 Å². The minimum Gasteiger partial charge on any atom is -0.313 e. The van der Waals surface area contributed by atoms with Gasteiger partial charge in [0, 0.05) is 25.7 Å². The summed E-state index contributed by atoms with van der Waals surface area (Å²) in [7, 11) is 0. The predicted octanol–water partition coefficient (Wildman–Crippen LogP) is 3.67. The lowest BCUT2D eigenvalue weighted by Gasteiger charge is -2.34. The molecule has 0 aromatic heterocycles. The maximum Gasteiger partial charge on any atom is 0.00684 e. The molecule has 1 saturated carbocycles. The normalized spacial score (nSPS) is 27.6. The molecule has 2 heteroatoms. The van der Waals surface area contributed by atoms with Crippen molar-refractivity contribution in [3.63, 3.8) is 0 Å². The zero-order valence-corrected chi connectivity index (χ0v) is 13.4. The summed E-state index contributed by atoms with van der Waals surface area (Å²) in [5, 5.41) is 3.77. The molecule has 2 rings (SSSR count). The number of hydrogen-bond acceptors (Lipinski definition) is 2. The lowest BCUT2D eigenvalue weighted by atomic mass is 9.84. The SMILES string of the molecule is CCCC1CCN(CC(C)(CCC)CNC2CC2)C1. The van der Waals surface area contributed by atoms with Crippen molar-refractivity contribution in [1.82, 2.24) is 10.2 Å². The summed E-state index contributed by atoms with van der Waals surface area (Å²) in [5.41, 5.74) is 0.485. The van der Waals surface area contributed by atoms with Crippen molar-refractivity contribution in [3.8, 4) is 0 Å². The van der Waals surface area contributed by atoms with Gasteiger partial charge >= 0.3 is 0 Å². The monoisotopic (exact) mass is 266 g/mol. The van der Waals surface area contributed by atoms with E-state index in [-0.39, 0.29) is 0 Å². The quantitative estimate of drug-likeness (QED) is 0.685. The molecule has 2 fully saturated rings. The molecule has 1 aliphatic carbocycles. The van der Waals surface area contributed by atoms with E-state index in [0.29, 0.717) is 5.41 Å². The number of hydrogen-bond donors (Lipinski definition) is 1. The number of nitrogens with zero attached hydrogens (tertiary/aromatic N) is 1. The average Bonchev–Trinajstić information content (AvgIpc) is 3.10. The van der Waals surface area contributed by atoms with Gasteiger partial charge in [-0.2, -0.15) is 0 Å². The maximum absolute atomic E-state index is 3.77. The van der Waals surface area contributed by atoms with Gasteiger partial charge in [0.05, 0.1) is 0 Å². The Kier molecular flexibility index (Phi) is 5.70. The van der Waals surface area contributed by atoms with E-state index in [0.717, 1.165) is 12.0 Å². The second kappa shape index (κ2) is 7.08. The fourth-order valence-electron chi connectivity index (χ4n) is 3.75. The highest BCUT2D eigenvalue weighted by Crippen LogP contribution is 2.30. The Labute approximate surface area is 120 Å². The van der Waals surface area contributed by atoms with Gasteiger partial charge < -0.3 is 10.2 Å². The Morgan fingerprint density at radius 2 is 1.95 bits per heavy atom. The van der Waals surface area contributed by atoms with Crippen LogP contribution in [0.2, 0.25) is 0 Å². The highest BCUT2D eigenvalue weighted by atomic mass is 15.2. The van der Waals surface area contributed by atoms with Crippen molar-refractivity contribution >= 4 is 0 Å². The molecule has 1 N–H and O–H groups in total. The van der Waals surface area contributed by atoms with Crippen LogP contribution in [-0.4, -0.2) is 37.1 Å². The van der Waals surface area contributed by atoms with Crippen LogP contribution < -0.4 is 5.32 Å². The summed E-state index contributed by atoms with van der Waals surface area (Å²) < 4.78 is 0. The summed E-state index contributed by atoms with van der Waals surface area (Å²) >= 11 is 0. The molecule has 0 radical (unpaired) electrons. The van der Waals surface area contributed by atoms with Crippen LogP contribution in [0.1, 0.15) is 65.7 Å². The molecular weight excluding hydrogens is 232 g/mol. The van der Waals surface area contributed by atoms with Gasteiger partial charge in [0.1, 0.15) is 0 Å². The zero-order valence-electron chi connectivity index (χ0n) is 13.4. The largest absolute Gasteiger partial charge is 0.313 e. The van der Waals surface area contributed by atoms with Gasteiger partial charge in [0.25, 0.3) is 0 Å². The number of rotatable bonds is 9. The minimum absolute atomic E-state index is 0.485. The van der Waals surface area contributed by atoms with E-state index >= 15 is 0 Å². The summed E-state index contributed by atoms with van der Waals surface area (Å²) in [6.45, 7) is 12.4. The van der Waals surface area contributed by atoms with E-state index in [2.05, 4.69) is 31.0 Å². The third-order valence-electron chi connectivity index (χ3n) is 4.92. The molecule has 0 aromatic rings. The van der Waals surface area contributed by atoms with Crippen LogP contribution in [0.4, 0.5) is 0 Å². The van der Waals surface area contributed by atoms with Crippen molar-refractivity contribution in [2.75, 3.05) is 26.2 Å². The van der Waals surface area contributed by atoms with Gasteiger partial charge in [-0.15, -0.1) is 0 Å². The van der Waals surface area contributed by atoms with Crippen LogP contribution >= 0.6 is 0 Å². The lowest BCUT2D eigenvalue weighted by Crippen LogP contribution is -2.42. The Bertz CT molecular complexity index is 262. The molecule has 19 heavy (non-hydrogen) atoms. The van der Waals surface area contributed by atoms with Crippen LogP contribution in [0, 0.1) is 11.3 Å². The van der Waals surface area contributed by atoms with Gasteiger partial charge in [-0.1, -0.05) is 33.6 Å². The second-order valence-corrected chi connectivity index (χ2v) is 7.39. The molecule has 0 amide bonds. The summed E-state index contributed by atoms with van der Waals surface area (Å²) in [5.74, 6) is 0.979. The summed E-state index contributed by atoms with van der Waals surface area (Å²) in [6.07, 6.45) is 9.72. The number of likely N-dealkylation sites (tertiary alicyclic amines) is 1. The van der Waals surface area contributed by atoms with E-state index in [9.17, 15) is 0 Å². The topological polar surface area (TPSA) is 15.3 Å². The standard InChI is InChI=1S/C17H34N2/c1-4-6-15-9-11-19(12-15)14-17(3,10-5-2)13-18-16-7-8-16/h15-16,18H,4-14H2,1-3H3. The Balaban J connectivity index is 1.78. The lowest BCUT2D eigenvalue weighted by molar-refractivity contribution is 0.167. The Morgan fingerprint density at radius 1 is 1.16 bits per heavy atom. The van der Waals surface area contributed by atoms with Crippen LogP contribution in [0.5, 0.6) is 0 Å². The molecule has 1 heterocycles. The third-order valence-corrected chi connectivity index (χ3v) is 4.92. The molecule has 112 valence electrons. The molecule has 2 atom stereocenters. The zero-order chi connectivity index (χ0) is 13.7. The number of nitrogens with one attached hydrogen (secondary N) is 1. The first kappa shape index (κ1) is 15.3. The van der Waals surface area contributed by atoms with E-state index in [4.69, 9.17) is 0 Å². The molecule has 2 unspecified atom stereocenters. The highest BCUT2D eigenvalue weighted by Gasteiger charge is 2.32. The molecule has 2 nitrogen and oxygen atoms in total. The molecule has 1 saturated heterocycles. The summed E-state index contributed by atoms with van der Waals surface area (Å²) in [6, 6.07) is 0.850. The van der Waals surface area contributed by atoms with Gasteiger partial charge in [0.2, 0.25) is 0 Å². The van der Waals surface area contributed by atoms with Gasteiger partial charge in [0.15, 0.2) is 0 Å². The first-order valence-electron chi connectivity index (χ1n) is 8.61. The molecule has 0 spiro atoms. The molecule has 0 aromatic carbocycles. The molecular formula is C17H34N2. The van der Waals surface area contributed by atoms with Gasteiger partial charge in [-0.3, -0.25) is 0 Å². The van der Waals surface area contributed by atoms with Crippen LogP contribution in [0.25, 0.3) is 0 Å². The third kappa shape index (κ3) is 5.07. The summed E-state index contributed by atoms with van der Waals surface area (Å²) in [4.78, 5) is 2.74. The fraction of sp³-hybridized carbons (Fsp3) is 1.00. The van der Waals surface area contributed by atoms with Crippen LogP contribution in [0.15, 0.2) is 0 Å². The van der Waals surface area contributed by atoms with Crippen molar-refractivity contribution in [2.45, 2.75) is 71.8 Å². The average molecular weight is 266 g/mol.